The van der Waals surface area contributed by atoms with E-state index >= 15 is 0 Å². The van der Waals surface area contributed by atoms with Gasteiger partial charge in [0, 0.05) is 0 Å². The second-order valence-corrected chi connectivity index (χ2v) is 2.65. The smallest absolute Gasteiger partial charge is 0.290 e. The van der Waals surface area contributed by atoms with Crippen LogP contribution < -0.4 is 4.74 Å². The Kier molecular flexibility index (Phi) is 3.41. The molecule has 0 spiro atoms. The summed E-state index contributed by atoms with van der Waals surface area (Å²) in [5.74, 6) is 0.348. The van der Waals surface area contributed by atoms with Gasteiger partial charge in [-0.05, 0) is 12.1 Å². The zero-order valence-corrected chi connectivity index (χ0v) is 7.84. The Labute approximate surface area is 86.4 Å². The van der Waals surface area contributed by atoms with Crippen molar-refractivity contribution >= 4 is 5.69 Å². The van der Waals surface area contributed by atoms with Gasteiger partial charge in [-0.15, -0.1) is 0 Å². The first-order valence-corrected chi connectivity index (χ1v) is 4.11. The molecule has 0 aliphatic carbocycles. The molecule has 15 heavy (non-hydrogen) atoms. The van der Waals surface area contributed by atoms with E-state index in [0.717, 1.165) is 0 Å². The Morgan fingerprint density at radius 1 is 1.67 bits per heavy atom. The van der Waals surface area contributed by atoms with Gasteiger partial charge < -0.3 is 4.74 Å². The maximum absolute atomic E-state index is 10.6. The molecule has 0 saturated carbocycles. The maximum Gasteiger partial charge on any atom is 0.290 e. The fraction of sp³-hybridized carbons (Fsp3) is 0.100. The van der Waals surface area contributed by atoms with E-state index in [4.69, 9.17) is 10.00 Å². The number of hydrogen-bond acceptors (Lipinski definition) is 4. The van der Waals surface area contributed by atoms with E-state index in [1.165, 1.54) is 24.3 Å². The largest absolute Gasteiger partial charge is 0.489 e. The molecule has 0 atom stereocenters. The highest BCUT2D eigenvalue weighted by Gasteiger charge is 2.14. The molecule has 1 rings (SSSR count). The van der Waals surface area contributed by atoms with Gasteiger partial charge in [0.15, 0.2) is 0 Å². The monoisotopic (exact) mass is 204 g/mol. The van der Waals surface area contributed by atoms with Crippen molar-refractivity contribution in [2.24, 2.45) is 0 Å². The molecule has 5 heteroatoms. The van der Waals surface area contributed by atoms with Crippen LogP contribution in [0.5, 0.6) is 5.75 Å². The predicted octanol–water partition coefficient (Wildman–Crippen LogP) is 2.03. The number of hydrogen-bond donors (Lipinski definition) is 0. The molecule has 0 heterocycles. The Morgan fingerprint density at radius 2 is 2.40 bits per heavy atom. The van der Waals surface area contributed by atoms with Gasteiger partial charge in [-0.2, -0.15) is 5.26 Å². The highest BCUT2D eigenvalue weighted by molar-refractivity contribution is 5.52. The van der Waals surface area contributed by atoms with Gasteiger partial charge in [0.25, 0.3) is 5.69 Å². The number of nitro benzene ring substituents is 1. The van der Waals surface area contributed by atoms with Crippen molar-refractivity contribution in [1.29, 1.82) is 5.26 Å². The summed E-state index contributed by atoms with van der Waals surface area (Å²) < 4.78 is 5.11. The minimum Gasteiger partial charge on any atom is -0.489 e. The van der Waals surface area contributed by atoms with E-state index in [1.807, 2.05) is 0 Å². The average Bonchev–Trinajstić information content (AvgIpc) is 2.25. The molecule has 0 aromatic heterocycles. The number of benzene rings is 1. The molecule has 0 aliphatic rings. The number of nitro groups is 1. The van der Waals surface area contributed by atoms with Crippen LogP contribution in [0.25, 0.3) is 0 Å². The third-order valence-corrected chi connectivity index (χ3v) is 1.65. The lowest BCUT2D eigenvalue weighted by Gasteiger charge is -2.02. The van der Waals surface area contributed by atoms with Crippen molar-refractivity contribution in [2.75, 3.05) is 6.61 Å². The second kappa shape index (κ2) is 4.77. The molecule has 0 unspecified atom stereocenters. The Morgan fingerprint density at radius 3 is 2.93 bits per heavy atom. The third-order valence-electron chi connectivity index (χ3n) is 1.65. The number of nitrogens with zero attached hydrogens (tertiary/aromatic N) is 2. The average molecular weight is 204 g/mol. The first-order chi connectivity index (χ1) is 7.19. The Balaban J connectivity index is 3.06. The number of rotatable bonds is 4. The fourth-order valence-corrected chi connectivity index (χ4v) is 1.00. The molecule has 0 amide bonds. The molecule has 0 saturated heterocycles. The minimum absolute atomic E-state index is 0.0194. The molecule has 5 nitrogen and oxygen atoms in total. The predicted molar refractivity (Wildman–Crippen MR) is 53.5 cm³/mol. The Hall–Kier alpha value is -2.35. The third kappa shape index (κ3) is 2.54. The SMILES string of the molecule is C=CCOc1ccc(C#N)c([N+](=O)[O-])c1. The van der Waals surface area contributed by atoms with Crippen LogP contribution in [0.4, 0.5) is 5.69 Å². The summed E-state index contributed by atoms with van der Waals surface area (Å²) in [6.07, 6.45) is 1.53. The molecule has 0 N–H and O–H groups in total. The van der Waals surface area contributed by atoms with Crippen LogP contribution in [0.1, 0.15) is 5.56 Å². The standard InChI is InChI=1S/C10H8N2O3/c1-2-5-15-9-4-3-8(7-11)10(6-9)12(13)14/h2-4,6H,1,5H2. The van der Waals surface area contributed by atoms with Crippen LogP contribution in [0, 0.1) is 21.4 Å². The molecule has 0 radical (unpaired) electrons. The van der Waals surface area contributed by atoms with Crippen molar-refractivity contribution in [3.05, 3.63) is 46.5 Å². The molecule has 0 fully saturated rings. The number of ether oxygens (including phenoxy) is 1. The maximum atomic E-state index is 10.6. The van der Waals surface area contributed by atoms with Gasteiger partial charge in [0.1, 0.15) is 24.0 Å². The van der Waals surface area contributed by atoms with E-state index < -0.39 is 4.92 Å². The first-order valence-electron chi connectivity index (χ1n) is 4.11. The van der Waals surface area contributed by atoms with Crippen LogP contribution in [-0.4, -0.2) is 11.5 Å². The van der Waals surface area contributed by atoms with Crippen molar-refractivity contribution in [3.8, 4) is 11.8 Å². The normalized spacial score (nSPS) is 9.00. The summed E-state index contributed by atoms with van der Waals surface area (Å²) in [6.45, 7) is 3.72. The lowest BCUT2D eigenvalue weighted by atomic mass is 10.2. The molecule has 1 aromatic rings. The number of nitriles is 1. The summed E-state index contributed by atoms with van der Waals surface area (Å²) in [7, 11) is 0. The molecule has 76 valence electrons. The van der Waals surface area contributed by atoms with Crippen molar-refractivity contribution in [2.45, 2.75) is 0 Å². The van der Waals surface area contributed by atoms with Gasteiger partial charge in [-0.3, -0.25) is 10.1 Å². The Bertz CT molecular complexity index is 435. The van der Waals surface area contributed by atoms with Crippen LogP contribution >= 0.6 is 0 Å². The van der Waals surface area contributed by atoms with Crippen molar-refractivity contribution in [3.63, 3.8) is 0 Å². The van der Waals surface area contributed by atoms with Crippen LogP contribution in [0.3, 0.4) is 0 Å². The summed E-state index contributed by atoms with van der Waals surface area (Å²) in [5.41, 5.74) is -0.231. The highest BCUT2D eigenvalue weighted by atomic mass is 16.6. The van der Waals surface area contributed by atoms with E-state index in [-0.39, 0.29) is 17.9 Å². The highest BCUT2D eigenvalue weighted by Crippen LogP contribution is 2.23. The quantitative estimate of drug-likeness (QED) is 0.427. The molecular weight excluding hydrogens is 196 g/mol. The minimum atomic E-state index is -0.612. The van der Waals surface area contributed by atoms with Crippen LogP contribution in [0.2, 0.25) is 0 Å². The molecular formula is C10H8N2O3. The lowest BCUT2D eigenvalue weighted by Crippen LogP contribution is -1.96. The zero-order chi connectivity index (χ0) is 11.3. The molecule has 1 aromatic carbocycles. The molecule has 0 aliphatic heterocycles. The van der Waals surface area contributed by atoms with Gasteiger partial charge >= 0.3 is 0 Å². The molecule has 0 bridgehead atoms. The van der Waals surface area contributed by atoms with Gasteiger partial charge in [-0.1, -0.05) is 12.7 Å². The lowest BCUT2D eigenvalue weighted by molar-refractivity contribution is -0.385. The van der Waals surface area contributed by atoms with E-state index in [0.29, 0.717) is 5.75 Å². The van der Waals surface area contributed by atoms with Gasteiger partial charge in [-0.25, -0.2) is 0 Å². The zero-order valence-electron chi connectivity index (χ0n) is 7.84. The van der Waals surface area contributed by atoms with Gasteiger partial charge in [0.2, 0.25) is 0 Å². The second-order valence-electron chi connectivity index (χ2n) is 2.65. The van der Waals surface area contributed by atoms with E-state index in [1.54, 1.807) is 6.07 Å². The van der Waals surface area contributed by atoms with E-state index in [9.17, 15) is 10.1 Å². The van der Waals surface area contributed by atoms with Crippen molar-refractivity contribution < 1.29 is 9.66 Å². The first kappa shape index (κ1) is 10.7. The van der Waals surface area contributed by atoms with Crippen LogP contribution in [0.15, 0.2) is 30.9 Å². The summed E-state index contributed by atoms with van der Waals surface area (Å²) in [4.78, 5) is 9.97. The summed E-state index contributed by atoms with van der Waals surface area (Å²) in [6, 6.07) is 5.83. The summed E-state index contributed by atoms with van der Waals surface area (Å²) >= 11 is 0. The van der Waals surface area contributed by atoms with Crippen LogP contribution in [-0.2, 0) is 0 Å². The topological polar surface area (TPSA) is 76.2 Å². The van der Waals surface area contributed by atoms with E-state index in [2.05, 4.69) is 6.58 Å². The fourth-order valence-electron chi connectivity index (χ4n) is 1.00. The van der Waals surface area contributed by atoms with Gasteiger partial charge in [0.05, 0.1) is 11.0 Å². The summed E-state index contributed by atoms with van der Waals surface area (Å²) in [5, 5.41) is 19.2. The van der Waals surface area contributed by atoms with Crippen molar-refractivity contribution in [1.82, 2.24) is 0 Å².